The summed E-state index contributed by atoms with van der Waals surface area (Å²) in [6.07, 6.45) is 12.7. The molecule has 1 aliphatic carbocycles. The van der Waals surface area contributed by atoms with E-state index in [1.165, 1.54) is 24.8 Å². The zero-order valence-electron chi connectivity index (χ0n) is 15.5. The van der Waals surface area contributed by atoms with Gasteiger partial charge in [-0.1, -0.05) is 12.5 Å². The summed E-state index contributed by atoms with van der Waals surface area (Å²) in [5.74, 6) is 2.55. The van der Waals surface area contributed by atoms with E-state index in [9.17, 15) is 4.79 Å². The lowest BCUT2D eigenvalue weighted by Crippen LogP contribution is -2.36. The molecular weight excluding hydrogens is 342 g/mol. The molecule has 1 saturated carbocycles. The first-order valence-corrected chi connectivity index (χ1v) is 9.09. The number of amides is 2. The smallest absolute Gasteiger partial charge is 0.321 e. The van der Waals surface area contributed by atoms with E-state index >= 15 is 0 Å². The summed E-state index contributed by atoms with van der Waals surface area (Å²) >= 11 is 0. The van der Waals surface area contributed by atoms with E-state index in [1.807, 2.05) is 54.0 Å². The number of nitrogens with zero attached hydrogens (tertiary/aromatic N) is 5. The first-order chi connectivity index (χ1) is 13.1. The standard InChI is InChI=1S/C19H23N7O/c1-25-10-8-20-17(25)16(18-21-9-11-26(18)2)24-19(27)23-15-7-6-14(12-22-15)13-4-3-5-13/h6-13,16H,3-5H2,1-2H3,(H2,22,23,24,27). The summed E-state index contributed by atoms with van der Waals surface area (Å²) < 4.78 is 3.73. The molecule has 8 heteroatoms. The van der Waals surface area contributed by atoms with Gasteiger partial charge < -0.3 is 14.5 Å². The van der Waals surface area contributed by atoms with Gasteiger partial charge in [-0.05, 0) is 30.4 Å². The van der Waals surface area contributed by atoms with Crippen LogP contribution >= 0.6 is 0 Å². The van der Waals surface area contributed by atoms with Crippen molar-refractivity contribution in [2.24, 2.45) is 14.1 Å². The lowest BCUT2D eigenvalue weighted by Gasteiger charge is -2.25. The quantitative estimate of drug-likeness (QED) is 0.727. The predicted molar refractivity (Wildman–Crippen MR) is 101 cm³/mol. The molecule has 1 fully saturated rings. The molecule has 0 saturated heterocycles. The lowest BCUT2D eigenvalue weighted by atomic mass is 9.81. The van der Waals surface area contributed by atoms with Crippen molar-refractivity contribution in [3.05, 3.63) is 60.3 Å². The van der Waals surface area contributed by atoms with Crippen molar-refractivity contribution in [2.75, 3.05) is 5.32 Å². The Morgan fingerprint density at radius 2 is 1.74 bits per heavy atom. The van der Waals surface area contributed by atoms with Crippen molar-refractivity contribution in [2.45, 2.75) is 31.2 Å². The van der Waals surface area contributed by atoms with Crippen LogP contribution < -0.4 is 10.6 Å². The van der Waals surface area contributed by atoms with Gasteiger partial charge in [-0.3, -0.25) is 5.32 Å². The Balaban J connectivity index is 1.48. The maximum atomic E-state index is 12.6. The third-order valence-electron chi connectivity index (χ3n) is 5.11. The summed E-state index contributed by atoms with van der Waals surface area (Å²) in [7, 11) is 3.77. The maximum absolute atomic E-state index is 12.6. The van der Waals surface area contributed by atoms with Crippen LogP contribution in [0.15, 0.2) is 43.1 Å². The number of anilines is 1. The van der Waals surface area contributed by atoms with Gasteiger partial charge in [0.05, 0.1) is 0 Å². The van der Waals surface area contributed by atoms with Gasteiger partial charge in [0.2, 0.25) is 0 Å². The SMILES string of the molecule is Cn1ccnc1C(NC(=O)Nc1ccc(C2CCC2)cn1)c1nccn1C. The summed E-state index contributed by atoms with van der Waals surface area (Å²) in [4.78, 5) is 25.7. The van der Waals surface area contributed by atoms with E-state index < -0.39 is 6.04 Å². The van der Waals surface area contributed by atoms with Gasteiger partial charge in [0, 0.05) is 45.1 Å². The monoisotopic (exact) mass is 365 g/mol. The number of imidazole rings is 2. The number of nitrogens with one attached hydrogen (secondary N) is 2. The van der Waals surface area contributed by atoms with Crippen molar-refractivity contribution in [1.82, 2.24) is 29.4 Å². The van der Waals surface area contributed by atoms with E-state index in [1.54, 1.807) is 12.4 Å². The fourth-order valence-electron chi connectivity index (χ4n) is 3.30. The highest BCUT2D eigenvalue weighted by Gasteiger charge is 2.24. The first-order valence-electron chi connectivity index (χ1n) is 9.09. The lowest BCUT2D eigenvalue weighted by molar-refractivity contribution is 0.249. The van der Waals surface area contributed by atoms with Crippen LogP contribution in [0.25, 0.3) is 0 Å². The molecule has 0 radical (unpaired) electrons. The number of carbonyl (C=O) groups excluding carboxylic acids is 1. The van der Waals surface area contributed by atoms with Crippen molar-refractivity contribution >= 4 is 11.8 Å². The fourth-order valence-corrected chi connectivity index (χ4v) is 3.30. The Bertz CT molecular complexity index is 883. The highest BCUT2D eigenvalue weighted by Crippen LogP contribution is 2.36. The number of pyridine rings is 1. The Hall–Kier alpha value is -3.16. The molecule has 140 valence electrons. The molecule has 0 aromatic carbocycles. The Labute approximate surface area is 157 Å². The zero-order valence-corrected chi connectivity index (χ0v) is 15.5. The average Bonchev–Trinajstić information content (AvgIpc) is 3.21. The Morgan fingerprint density at radius 1 is 1.07 bits per heavy atom. The number of carbonyl (C=O) groups is 1. The molecule has 8 nitrogen and oxygen atoms in total. The summed E-state index contributed by atoms with van der Waals surface area (Å²) in [6.45, 7) is 0. The molecule has 0 aliphatic heterocycles. The van der Waals surface area contributed by atoms with Gasteiger partial charge in [-0.15, -0.1) is 0 Å². The minimum atomic E-state index is -0.473. The molecule has 3 heterocycles. The third-order valence-corrected chi connectivity index (χ3v) is 5.11. The maximum Gasteiger partial charge on any atom is 0.321 e. The van der Waals surface area contributed by atoms with E-state index in [2.05, 4.69) is 25.6 Å². The summed E-state index contributed by atoms with van der Waals surface area (Å²) in [5, 5.41) is 5.76. The number of aromatic nitrogens is 5. The van der Waals surface area contributed by atoms with Gasteiger partial charge in [0.25, 0.3) is 0 Å². The minimum absolute atomic E-state index is 0.352. The number of hydrogen-bond acceptors (Lipinski definition) is 4. The largest absolute Gasteiger partial charge is 0.336 e. The second kappa shape index (κ2) is 7.22. The molecule has 2 amide bonds. The van der Waals surface area contributed by atoms with Crippen LogP contribution in [-0.2, 0) is 14.1 Å². The van der Waals surface area contributed by atoms with Gasteiger partial charge in [-0.2, -0.15) is 0 Å². The van der Waals surface area contributed by atoms with E-state index in [-0.39, 0.29) is 6.03 Å². The molecule has 0 atom stereocenters. The van der Waals surface area contributed by atoms with E-state index in [4.69, 9.17) is 0 Å². The molecule has 4 rings (SSSR count). The Kier molecular flexibility index (Phi) is 4.62. The first kappa shape index (κ1) is 17.3. The topological polar surface area (TPSA) is 89.7 Å². The van der Waals surface area contributed by atoms with Crippen LogP contribution in [0.4, 0.5) is 10.6 Å². The molecule has 2 N–H and O–H groups in total. The number of hydrogen-bond donors (Lipinski definition) is 2. The molecule has 0 unspecified atom stereocenters. The second-order valence-corrected chi connectivity index (χ2v) is 6.93. The third kappa shape index (κ3) is 3.55. The molecular formula is C19H23N7O. The van der Waals surface area contributed by atoms with Crippen molar-refractivity contribution in [3.8, 4) is 0 Å². The Morgan fingerprint density at radius 3 is 2.19 bits per heavy atom. The number of rotatable bonds is 5. The molecule has 3 aromatic rings. The highest BCUT2D eigenvalue weighted by atomic mass is 16.2. The van der Waals surface area contributed by atoms with Crippen LogP contribution in [-0.4, -0.2) is 30.1 Å². The van der Waals surface area contributed by atoms with Gasteiger partial charge >= 0.3 is 6.03 Å². The fraction of sp³-hybridized carbons (Fsp3) is 0.368. The highest BCUT2D eigenvalue weighted by molar-refractivity contribution is 5.88. The number of aryl methyl sites for hydroxylation is 2. The minimum Gasteiger partial charge on any atom is -0.336 e. The number of urea groups is 1. The average molecular weight is 365 g/mol. The van der Waals surface area contributed by atoms with Crippen molar-refractivity contribution in [3.63, 3.8) is 0 Å². The predicted octanol–water partition coefficient (Wildman–Crippen LogP) is 2.73. The van der Waals surface area contributed by atoms with E-state index in [0.29, 0.717) is 23.4 Å². The zero-order chi connectivity index (χ0) is 18.8. The summed E-state index contributed by atoms with van der Waals surface area (Å²) in [5.41, 5.74) is 1.24. The summed E-state index contributed by atoms with van der Waals surface area (Å²) in [6, 6.07) is 3.07. The molecule has 27 heavy (non-hydrogen) atoms. The second-order valence-electron chi connectivity index (χ2n) is 6.93. The van der Waals surface area contributed by atoms with Crippen LogP contribution in [0.1, 0.15) is 48.4 Å². The molecule has 0 spiro atoms. The normalized spacial score (nSPS) is 14.2. The van der Waals surface area contributed by atoms with Gasteiger partial charge in [-0.25, -0.2) is 19.7 Å². The van der Waals surface area contributed by atoms with Crippen LogP contribution in [0.2, 0.25) is 0 Å². The van der Waals surface area contributed by atoms with Crippen LogP contribution in [0.3, 0.4) is 0 Å². The van der Waals surface area contributed by atoms with Crippen LogP contribution in [0.5, 0.6) is 0 Å². The molecule has 1 aliphatic rings. The van der Waals surface area contributed by atoms with Crippen molar-refractivity contribution < 1.29 is 4.79 Å². The van der Waals surface area contributed by atoms with E-state index in [0.717, 1.165) is 0 Å². The molecule has 0 bridgehead atoms. The van der Waals surface area contributed by atoms with Crippen LogP contribution in [0, 0.1) is 0 Å². The van der Waals surface area contributed by atoms with Crippen molar-refractivity contribution in [1.29, 1.82) is 0 Å². The molecule has 3 aromatic heterocycles. The van der Waals surface area contributed by atoms with Gasteiger partial charge in [0.1, 0.15) is 23.5 Å². The van der Waals surface area contributed by atoms with Gasteiger partial charge in [0.15, 0.2) is 0 Å².